The van der Waals surface area contributed by atoms with Gasteiger partial charge in [0.25, 0.3) is 5.91 Å². The van der Waals surface area contributed by atoms with E-state index in [9.17, 15) is 9.59 Å². The standard InChI is InChI=1S/C12H15N3O4S/c1-18-4-2-13-10(16)8-19-11(17)6-9-7-15-3-5-20-12(15)14-9/h3,5,7H,2,4,6,8H2,1H3,(H,13,16). The Labute approximate surface area is 119 Å². The summed E-state index contributed by atoms with van der Waals surface area (Å²) in [4.78, 5) is 28.0. The molecule has 0 unspecified atom stereocenters. The second kappa shape index (κ2) is 7.01. The Bertz CT molecular complexity index is 564. The zero-order valence-electron chi connectivity index (χ0n) is 11.0. The van der Waals surface area contributed by atoms with Gasteiger partial charge < -0.3 is 14.8 Å². The molecule has 2 aromatic rings. The lowest BCUT2D eigenvalue weighted by atomic mass is 10.3. The number of imidazole rings is 1. The molecular formula is C12H15N3O4S. The summed E-state index contributed by atoms with van der Waals surface area (Å²) in [6, 6.07) is 0. The van der Waals surface area contributed by atoms with Gasteiger partial charge in [0.15, 0.2) is 11.6 Å². The van der Waals surface area contributed by atoms with E-state index in [1.54, 1.807) is 13.3 Å². The molecule has 2 heterocycles. The number of rotatable bonds is 7. The van der Waals surface area contributed by atoms with Crippen LogP contribution < -0.4 is 5.32 Å². The number of nitrogens with one attached hydrogen (secondary N) is 1. The van der Waals surface area contributed by atoms with E-state index in [4.69, 9.17) is 9.47 Å². The predicted octanol–water partition coefficient (Wildman–Crippen LogP) is 0.244. The molecule has 0 aliphatic heterocycles. The highest BCUT2D eigenvalue weighted by Gasteiger charge is 2.11. The van der Waals surface area contributed by atoms with Gasteiger partial charge in [-0.1, -0.05) is 0 Å². The first-order chi connectivity index (χ1) is 9.69. The second-order valence-electron chi connectivity index (χ2n) is 4.01. The first-order valence-electron chi connectivity index (χ1n) is 6.01. The van der Waals surface area contributed by atoms with Gasteiger partial charge in [-0.2, -0.15) is 0 Å². The van der Waals surface area contributed by atoms with Crippen LogP contribution in [0.5, 0.6) is 0 Å². The minimum Gasteiger partial charge on any atom is -0.455 e. The van der Waals surface area contributed by atoms with Crippen molar-refractivity contribution in [1.82, 2.24) is 14.7 Å². The summed E-state index contributed by atoms with van der Waals surface area (Å²) in [5.74, 6) is -0.820. The van der Waals surface area contributed by atoms with Crippen molar-refractivity contribution in [3.05, 3.63) is 23.5 Å². The van der Waals surface area contributed by atoms with E-state index in [0.717, 1.165) is 4.96 Å². The molecule has 0 fully saturated rings. The normalized spacial score (nSPS) is 10.7. The fraction of sp³-hybridized carbons (Fsp3) is 0.417. The third kappa shape index (κ3) is 4.04. The number of esters is 1. The number of hydrogen-bond donors (Lipinski definition) is 1. The highest BCUT2D eigenvalue weighted by molar-refractivity contribution is 7.15. The molecule has 1 amide bonds. The Morgan fingerprint density at radius 2 is 2.35 bits per heavy atom. The number of carbonyl (C=O) groups is 2. The van der Waals surface area contributed by atoms with Gasteiger partial charge >= 0.3 is 5.97 Å². The van der Waals surface area contributed by atoms with Crippen molar-refractivity contribution >= 4 is 28.2 Å². The Kier molecular flexibility index (Phi) is 5.08. The molecule has 7 nitrogen and oxygen atoms in total. The van der Waals surface area contributed by atoms with Gasteiger partial charge in [-0.25, -0.2) is 4.98 Å². The van der Waals surface area contributed by atoms with E-state index in [0.29, 0.717) is 18.8 Å². The topological polar surface area (TPSA) is 81.9 Å². The minimum absolute atomic E-state index is 0.0553. The van der Waals surface area contributed by atoms with Crippen LogP contribution in [0.3, 0.4) is 0 Å². The fourth-order valence-electron chi connectivity index (χ4n) is 1.55. The average Bonchev–Trinajstić information content (AvgIpc) is 2.97. The van der Waals surface area contributed by atoms with Crippen LogP contribution in [-0.4, -0.2) is 48.1 Å². The van der Waals surface area contributed by atoms with E-state index in [1.807, 2.05) is 16.0 Å². The summed E-state index contributed by atoms with van der Waals surface area (Å²) in [6.45, 7) is 0.528. The lowest BCUT2D eigenvalue weighted by Crippen LogP contribution is -2.31. The van der Waals surface area contributed by atoms with E-state index in [1.165, 1.54) is 11.3 Å². The Balaban J connectivity index is 1.72. The smallest absolute Gasteiger partial charge is 0.312 e. The van der Waals surface area contributed by atoms with Crippen LogP contribution in [0.1, 0.15) is 5.69 Å². The van der Waals surface area contributed by atoms with Gasteiger partial charge in [0.1, 0.15) is 0 Å². The number of fused-ring (bicyclic) bond motifs is 1. The molecule has 0 aliphatic rings. The molecule has 0 spiro atoms. The molecule has 2 rings (SSSR count). The SMILES string of the molecule is COCCNC(=O)COC(=O)Cc1cn2ccsc2n1. The van der Waals surface area contributed by atoms with Crippen molar-refractivity contribution in [2.75, 3.05) is 26.9 Å². The molecule has 0 saturated heterocycles. The van der Waals surface area contributed by atoms with Crippen LogP contribution in [0, 0.1) is 0 Å². The molecule has 0 saturated carbocycles. The molecule has 0 aromatic carbocycles. The Morgan fingerprint density at radius 3 is 3.10 bits per heavy atom. The van der Waals surface area contributed by atoms with Crippen LogP contribution in [0.15, 0.2) is 17.8 Å². The van der Waals surface area contributed by atoms with Crippen molar-refractivity contribution in [3.8, 4) is 0 Å². The zero-order valence-corrected chi connectivity index (χ0v) is 11.8. The van der Waals surface area contributed by atoms with Gasteiger partial charge in [0, 0.05) is 31.4 Å². The largest absolute Gasteiger partial charge is 0.455 e. The fourth-order valence-corrected chi connectivity index (χ4v) is 2.27. The first kappa shape index (κ1) is 14.5. The minimum atomic E-state index is -0.474. The number of ether oxygens (including phenoxy) is 2. The van der Waals surface area contributed by atoms with Crippen molar-refractivity contribution < 1.29 is 19.1 Å². The number of hydrogen-bond acceptors (Lipinski definition) is 6. The average molecular weight is 297 g/mol. The third-order valence-electron chi connectivity index (χ3n) is 2.46. The lowest BCUT2D eigenvalue weighted by Gasteiger charge is -2.05. The monoisotopic (exact) mass is 297 g/mol. The van der Waals surface area contributed by atoms with Gasteiger partial charge in [-0.05, 0) is 0 Å². The van der Waals surface area contributed by atoms with Crippen molar-refractivity contribution in [3.63, 3.8) is 0 Å². The number of amides is 1. The highest BCUT2D eigenvalue weighted by Crippen LogP contribution is 2.11. The lowest BCUT2D eigenvalue weighted by molar-refractivity contribution is -0.147. The molecule has 0 radical (unpaired) electrons. The number of carbonyl (C=O) groups excluding carboxylic acids is 2. The van der Waals surface area contributed by atoms with Gasteiger partial charge in [0.05, 0.1) is 18.7 Å². The van der Waals surface area contributed by atoms with Crippen LogP contribution in [0.4, 0.5) is 0 Å². The number of thiazole rings is 1. The van der Waals surface area contributed by atoms with Crippen molar-refractivity contribution in [2.45, 2.75) is 6.42 Å². The van der Waals surface area contributed by atoms with Crippen LogP contribution in [0.25, 0.3) is 4.96 Å². The van der Waals surface area contributed by atoms with Crippen molar-refractivity contribution in [1.29, 1.82) is 0 Å². The predicted molar refractivity (Wildman–Crippen MR) is 72.6 cm³/mol. The van der Waals surface area contributed by atoms with E-state index < -0.39 is 5.97 Å². The Morgan fingerprint density at radius 1 is 1.50 bits per heavy atom. The summed E-state index contributed by atoms with van der Waals surface area (Å²) in [5, 5.41) is 4.47. The Hall–Kier alpha value is -1.93. The number of aromatic nitrogens is 2. The van der Waals surface area contributed by atoms with E-state index in [-0.39, 0.29) is 18.9 Å². The van der Waals surface area contributed by atoms with Gasteiger partial charge in [-0.3, -0.25) is 14.0 Å². The number of nitrogens with zero attached hydrogens (tertiary/aromatic N) is 2. The molecule has 20 heavy (non-hydrogen) atoms. The zero-order chi connectivity index (χ0) is 14.4. The van der Waals surface area contributed by atoms with E-state index >= 15 is 0 Å². The maximum Gasteiger partial charge on any atom is 0.312 e. The maximum atomic E-state index is 11.6. The highest BCUT2D eigenvalue weighted by atomic mass is 32.1. The molecule has 0 atom stereocenters. The van der Waals surface area contributed by atoms with Gasteiger partial charge in [0.2, 0.25) is 0 Å². The molecule has 0 bridgehead atoms. The van der Waals surface area contributed by atoms with Crippen LogP contribution in [-0.2, 0) is 25.5 Å². The van der Waals surface area contributed by atoms with Gasteiger partial charge in [-0.15, -0.1) is 11.3 Å². The molecule has 108 valence electrons. The summed E-state index contributed by atoms with van der Waals surface area (Å²) in [6.07, 6.45) is 3.69. The quantitative estimate of drug-likeness (QED) is 0.585. The third-order valence-corrected chi connectivity index (χ3v) is 3.23. The molecular weight excluding hydrogens is 282 g/mol. The molecule has 8 heteroatoms. The molecule has 2 aromatic heterocycles. The summed E-state index contributed by atoms with van der Waals surface area (Å²) in [5.41, 5.74) is 0.627. The summed E-state index contributed by atoms with van der Waals surface area (Å²) in [7, 11) is 1.54. The maximum absolute atomic E-state index is 11.6. The molecule has 1 N–H and O–H groups in total. The van der Waals surface area contributed by atoms with E-state index in [2.05, 4.69) is 10.3 Å². The van der Waals surface area contributed by atoms with Crippen LogP contribution >= 0.6 is 11.3 Å². The number of methoxy groups -OCH3 is 1. The second-order valence-corrected chi connectivity index (χ2v) is 4.88. The van der Waals surface area contributed by atoms with Crippen molar-refractivity contribution in [2.24, 2.45) is 0 Å². The van der Waals surface area contributed by atoms with Crippen LogP contribution in [0.2, 0.25) is 0 Å². The summed E-state index contributed by atoms with van der Waals surface area (Å²) < 4.78 is 11.5. The summed E-state index contributed by atoms with van der Waals surface area (Å²) >= 11 is 1.49. The molecule has 0 aliphatic carbocycles. The first-order valence-corrected chi connectivity index (χ1v) is 6.89.